The first kappa shape index (κ1) is 156. The maximum Gasteiger partial charge on any atom is 0.146 e. The molecular weight excluding hydrogens is 1370 g/mol. The van der Waals surface area contributed by atoms with Gasteiger partial charge in [-0.25, -0.2) is 0 Å². The van der Waals surface area contributed by atoms with Crippen molar-refractivity contribution >= 4 is 67.0 Å². The molecule has 8 nitrogen and oxygen atoms in total. The number of ether oxygens (including phenoxy) is 2. The minimum Gasteiger partial charge on any atom is -0.353 e. The van der Waals surface area contributed by atoms with Crippen LogP contribution >= 0.6 is 23.5 Å². The Bertz CT molecular complexity index is 1860. The minimum absolute atomic E-state index is 0.500. The molecule has 5 heterocycles. The second-order valence-corrected chi connectivity index (χ2v) is 16.0. The molecule has 10 heteroatoms. The van der Waals surface area contributed by atoms with Crippen molar-refractivity contribution in [2.45, 2.75) is 364 Å². The number of aromatic nitrogens is 6. The van der Waals surface area contributed by atoms with Gasteiger partial charge in [-0.1, -0.05) is 504 Å². The molecule has 0 bridgehead atoms. The first-order valence-electron chi connectivity index (χ1n) is 44.6. The van der Waals surface area contributed by atoms with Crippen LogP contribution in [0.5, 0.6) is 0 Å². The number of fused-ring (bicyclic) bond motifs is 4. The molecule has 2 saturated heterocycles. The number of benzene rings is 6. The number of nitrogens with zero attached hydrogens (tertiary/aromatic N) is 6. The maximum absolute atomic E-state index is 4.72. The van der Waals surface area contributed by atoms with Crippen molar-refractivity contribution in [3.05, 3.63) is 195 Å². The van der Waals surface area contributed by atoms with E-state index in [1.807, 2.05) is 471 Å². The molecule has 0 unspecified atom stereocenters. The van der Waals surface area contributed by atoms with Crippen LogP contribution in [0, 0.1) is 0 Å². The predicted molar refractivity (Wildman–Crippen MR) is 531 cm³/mol. The zero-order chi connectivity index (χ0) is 90.1. The molecule has 3 aromatic heterocycles. The van der Waals surface area contributed by atoms with Crippen LogP contribution in [0.4, 0.5) is 0 Å². The fraction of sp³-hybridized carbons (Fsp3) is 0.596. The topological polar surface area (TPSA) is 95.8 Å². The summed E-state index contributed by atoms with van der Waals surface area (Å²) in [4.78, 5) is 8.24. The lowest BCUT2D eigenvalue weighted by atomic mass is 10.1. The fourth-order valence-electron chi connectivity index (χ4n) is 5.77. The Labute approximate surface area is 698 Å². The molecule has 3 fully saturated rings. The molecule has 109 heavy (non-hydrogen) atoms. The van der Waals surface area contributed by atoms with Crippen LogP contribution in [0.25, 0.3) is 43.5 Å². The van der Waals surface area contributed by atoms with E-state index < -0.39 is 0 Å². The van der Waals surface area contributed by atoms with E-state index in [2.05, 4.69) is 78.9 Å². The molecule has 1 saturated carbocycles. The van der Waals surface area contributed by atoms with Crippen molar-refractivity contribution in [3.8, 4) is 0 Å². The quantitative estimate of drug-likeness (QED) is 0.146. The summed E-state index contributed by atoms with van der Waals surface area (Å²) in [5.41, 5.74) is 2.85. The number of para-hydroxylation sites is 2. The van der Waals surface area contributed by atoms with Crippen molar-refractivity contribution in [1.29, 1.82) is 0 Å². The summed E-state index contributed by atoms with van der Waals surface area (Å²) < 4.78 is 9.44. The van der Waals surface area contributed by atoms with E-state index in [9.17, 15) is 0 Å². The molecule has 6 aromatic carbocycles. The van der Waals surface area contributed by atoms with Crippen LogP contribution in [-0.2, 0) is 9.47 Å². The molecular formula is C99H198N6O2S2. The monoisotopic (exact) mass is 1570 g/mol. The van der Waals surface area contributed by atoms with Gasteiger partial charge in [0.25, 0.3) is 0 Å². The van der Waals surface area contributed by atoms with Crippen molar-refractivity contribution < 1.29 is 9.47 Å². The summed E-state index contributed by atoms with van der Waals surface area (Å²) in [6.45, 7) is 98.1. The molecule has 3 aliphatic rings. The van der Waals surface area contributed by atoms with Gasteiger partial charge >= 0.3 is 0 Å². The Hall–Kier alpha value is -5.78. The Morgan fingerprint density at radius 1 is 0.220 bits per heavy atom. The van der Waals surface area contributed by atoms with Crippen LogP contribution in [0.2, 0.25) is 0 Å². The number of hydrogen-bond donors (Lipinski definition) is 0. The molecule has 0 spiro atoms. The largest absolute Gasteiger partial charge is 0.353 e. The fourth-order valence-corrected chi connectivity index (χ4v) is 8.12. The Morgan fingerprint density at radius 3 is 0.651 bits per heavy atom. The molecule has 0 amide bonds. The Morgan fingerprint density at radius 2 is 0.440 bits per heavy atom. The Kier molecular flexibility index (Phi) is 295. The van der Waals surface area contributed by atoms with Crippen molar-refractivity contribution in [1.82, 2.24) is 30.4 Å². The molecule has 0 radical (unpaired) electrons. The van der Waals surface area contributed by atoms with E-state index in [1.165, 1.54) is 59.5 Å². The van der Waals surface area contributed by atoms with Crippen LogP contribution in [0.3, 0.4) is 0 Å². The molecule has 1 aliphatic carbocycles. The average molecular weight is 1570 g/mol. The third-order valence-corrected chi connectivity index (χ3v) is 11.5. The van der Waals surface area contributed by atoms with Gasteiger partial charge < -0.3 is 9.47 Å². The van der Waals surface area contributed by atoms with E-state index in [1.54, 1.807) is 31.0 Å². The lowest BCUT2D eigenvalue weighted by Crippen LogP contribution is -1.79. The summed E-state index contributed by atoms with van der Waals surface area (Å²) in [5, 5.41) is 22.6. The highest BCUT2D eigenvalue weighted by molar-refractivity contribution is 8.19. The zero-order valence-corrected chi connectivity index (χ0v) is 84.2. The predicted octanol–water partition coefficient (Wildman–Crippen LogP) is 37.4. The van der Waals surface area contributed by atoms with Gasteiger partial charge in [-0.05, 0) is 35.0 Å². The van der Waals surface area contributed by atoms with E-state index in [-0.39, 0.29) is 0 Å². The number of rotatable bonds is 0. The minimum atomic E-state index is 0.500. The van der Waals surface area contributed by atoms with Crippen LogP contribution in [-0.4, -0.2) is 67.0 Å². The van der Waals surface area contributed by atoms with Gasteiger partial charge in [-0.3, -0.25) is 9.97 Å². The summed E-state index contributed by atoms with van der Waals surface area (Å²) in [6.07, 6.45) is 16.1. The SMILES string of the molecule is C1CCCC1.C1COCO1.C1CSCS1.CC.CC.CC.CC.CC.CC.CC.CC.CC.CC.CC.CC.CC.CC.CC.CC.CC.CC.CC.CC.CC.CC.CC.CC.c1ccc2ccccc2c1.c1ccc2cnncc2c1.c1ccc2nccnc2c1.c1ccc2nnccc2c1.c1ccccc1. The standard InChI is InChI=1S/C10H8.3C8H6N2.C6H6.C5H10.C3H6O2.C3H6S2.24C2H6/c1-2-6-10-8-4-3-7-9(10)5-1;1-2-4-8-6-10-9-5-7(8)3-1;1-2-4-8-7(3-1)9-5-6-10-8;1-2-4-8-7(3-1)5-6-9-10-8;1-2-4-6-5-3-1;1-2-4-5-3-1;2*1-2-5-3-4-1;24*1-2/h1-8H;3*1-6H;1-6H;1-5H2;2*1-3H2;24*1-2H3. The van der Waals surface area contributed by atoms with E-state index in [4.69, 9.17) is 9.47 Å². The smallest absolute Gasteiger partial charge is 0.146 e. The summed E-state index contributed by atoms with van der Waals surface area (Å²) in [6, 6.07) is 54.4. The maximum atomic E-state index is 4.72. The van der Waals surface area contributed by atoms with E-state index in [0.717, 1.165) is 45.9 Å². The molecule has 648 valence electrons. The van der Waals surface area contributed by atoms with Gasteiger partial charge in [-0.2, -0.15) is 43.9 Å². The van der Waals surface area contributed by atoms with E-state index in [0.29, 0.717) is 6.79 Å². The van der Waals surface area contributed by atoms with Crippen LogP contribution in [0.15, 0.2) is 195 Å². The van der Waals surface area contributed by atoms with Gasteiger partial charge in [0.2, 0.25) is 0 Å². The zero-order valence-electron chi connectivity index (χ0n) is 82.6. The lowest BCUT2D eigenvalue weighted by Gasteiger charge is -1.92. The second kappa shape index (κ2) is 206. The average Bonchev–Trinajstić information content (AvgIpc) is 1.63. The summed E-state index contributed by atoms with van der Waals surface area (Å²) in [7, 11) is 0. The van der Waals surface area contributed by atoms with Gasteiger partial charge in [0.05, 0.1) is 48.4 Å². The van der Waals surface area contributed by atoms with E-state index >= 15 is 0 Å². The number of hydrogen-bond acceptors (Lipinski definition) is 10. The molecule has 0 atom stereocenters. The lowest BCUT2D eigenvalue weighted by molar-refractivity contribution is 0.0692. The summed E-state index contributed by atoms with van der Waals surface area (Å²) in [5.74, 6) is 2.76. The van der Waals surface area contributed by atoms with Crippen LogP contribution < -0.4 is 0 Å². The summed E-state index contributed by atoms with van der Waals surface area (Å²) >= 11 is 4.07. The van der Waals surface area contributed by atoms with Crippen LogP contribution in [0.1, 0.15) is 364 Å². The van der Waals surface area contributed by atoms with Gasteiger partial charge in [0, 0.05) is 45.1 Å². The normalized spacial score (nSPS) is 8.73. The first-order chi connectivity index (χ1) is 54.4. The van der Waals surface area contributed by atoms with Gasteiger partial charge in [0.1, 0.15) is 6.79 Å². The molecule has 12 rings (SSSR count). The third-order valence-electron chi connectivity index (χ3n) is 8.91. The molecule has 9 aromatic rings. The molecule has 0 N–H and O–H groups in total. The van der Waals surface area contributed by atoms with Gasteiger partial charge in [-0.15, -0.1) is 0 Å². The Balaban J connectivity index is -0.0000000431. The number of thioether (sulfide) groups is 2. The van der Waals surface area contributed by atoms with Gasteiger partial charge in [0.15, 0.2) is 0 Å². The first-order valence-corrected chi connectivity index (χ1v) is 46.9. The van der Waals surface area contributed by atoms with Crippen molar-refractivity contribution in [2.24, 2.45) is 0 Å². The highest BCUT2D eigenvalue weighted by Crippen LogP contribution is 2.20. The van der Waals surface area contributed by atoms with Crippen molar-refractivity contribution in [3.63, 3.8) is 0 Å². The molecule has 2 aliphatic heterocycles. The highest BCUT2D eigenvalue weighted by Gasteiger charge is 1.97. The third kappa shape index (κ3) is 135. The second-order valence-electron chi connectivity index (χ2n) is 13.4. The van der Waals surface area contributed by atoms with Crippen molar-refractivity contribution in [2.75, 3.05) is 36.6 Å². The highest BCUT2D eigenvalue weighted by atomic mass is 32.2.